The van der Waals surface area contributed by atoms with Crippen molar-refractivity contribution in [3.8, 4) is 5.75 Å². The van der Waals surface area contributed by atoms with Crippen LogP contribution in [0.4, 0.5) is 0 Å². The maximum Gasteiger partial charge on any atom is 0.344 e. The van der Waals surface area contributed by atoms with Crippen LogP contribution < -0.4 is 10.2 Å². The Morgan fingerprint density at radius 3 is 2.61 bits per heavy atom. The van der Waals surface area contributed by atoms with Crippen LogP contribution in [0, 0.1) is 6.92 Å². The number of aryl methyl sites for hydroxylation is 1. The van der Waals surface area contributed by atoms with Crippen LogP contribution in [0.1, 0.15) is 34.8 Å². The van der Waals surface area contributed by atoms with E-state index in [0.717, 1.165) is 22.3 Å². The van der Waals surface area contributed by atoms with Gasteiger partial charge < -0.3 is 9.84 Å². The normalized spacial score (nSPS) is 15.8. The summed E-state index contributed by atoms with van der Waals surface area (Å²) in [5, 5.41) is 10.2. The Hall–Kier alpha value is -3.17. The standard InChI is InChI=1S/C22H20N2O5S2/c1-3-17(21(27)28)29-16-6-4-5-14(11-16)12-18-20(26)24(22(30)31-18)23-19(25)15-9-7-13(2)8-10-15/h4-12,17H,3H2,1-2H3,(H,23,25)(H,27,28)/b18-12+. The van der Waals surface area contributed by atoms with Gasteiger partial charge in [-0.05, 0) is 61.5 Å². The molecule has 2 aromatic carbocycles. The summed E-state index contributed by atoms with van der Waals surface area (Å²) in [5.74, 6) is -1.55. The number of benzene rings is 2. The van der Waals surface area contributed by atoms with Gasteiger partial charge in [-0.15, -0.1) is 0 Å². The van der Waals surface area contributed by atoms with E-state index in [1.165, 1.54) is 0 Å². The fraction of sp³-hybridized carbons (Fsp3) is 0.182. The average molecular weight is 457 g/mol. The van der Waals surface area contributed by atoms with E-state index in [1.807, 2.05) is 19.1 Å². The van der Waals surface area contributed by atoms with Crippen LogP contribution in [0.2, 0.25) is 0 Å². The number of carbonyl (C=O) groups is 3. The van der Waals surface area contributed by atoms with Gasteiger partial charge in [0.2, 0.25) is 0 Å². The number of hydrogen-bond acceptors (Lipinski definition) is 6. The second-order valence-electron chi connectivity index (χ2n) is 6.75. The molecule has 1 saturated heterocycles. The quantitative estimate of drug-likeness (QED) is 0.483. The van der Waals surface area contributed by atoms with Crippen molar-refractivity contribution in [3.05, 3.63) is 70.1 Å². The zero-order valence-corrected chi connectivity index (χ0v) is 18.5. The van der Waals surface area contributed by atoms with E-state index in [-0.39, 0.29) is 4.32 Å². The SMILES string of the molecule is CCC(Oc1cccc(/C=C2/SC(=S)N(NC(=O)c3ccc(C)cc3)C2=O)c1)C(=O)O. The summed E-state index contributed by atoms with van der Waals surface area (Å²) < 4.78 is 5.70. The number of amides is 2. The lowest BCUT2D eigenvalue weighted by atomic mass is 10.1. The monoisotopic (exact) mass is 456 g/mol. The van der Waals surface area contributed by atoms with Crippen molar-refractivity contribution in [1.82, 2.24) is 10.4 Å². The number of thiocarbonyl (C=S) groups is 1. The topological polar surface area (TPSA) is 95.9 Å². The number of carboxylic acid groups (broad SMARTS) is 1. The fourth-order valence-corrected chi connectivity index (χ4v) is 3.92. The molecule has 0 saturated carbocycles. The number of hydrogen-bond donors (Lipinski definition) is 2. The molecule has 2 amide bonds. The minimum absolute atomic E-state index is 0.209. The molecule has 1 fully saturated rings. The Kier molecular flexibility index (Phi) is 7.09. The molecular formula is C22H20N2O5S2. The molecule has 1 atom stereocenters. The van der Waals surface area contributed by atoms with Gasteiger partial charge in [0, 0.05) is 5.56 Å². The van der Waals surface area contributed by atoms with Gasteiger partial charge in [-0.2, -0.15) is 5.01 Å². The van der Waals surface area contributed by atoms with Crippen molar-refractivity contribution >= 4 is 52.2 Å². The first-order chi connectivity index (χ1) is 14.8. The molecule has 0 radical (unpaired) electrons. The molecule has 7 nitrogen and oxygen atoms in total. The predicted molar refractivity (Wildman–Crippen MR) is 122 cm³/mol. The van der Waals surface area contributed by atoms with Gasteiger partial charge in [0.25, 0.3) is 11.8 Å². The number of carboxylic acids is 1. The van der Waals surface area contributed by atoms with Crippen LogP contribution >= 0.6 is 24.0 Å². The number of aliphatic carboxylic acids is 1. The fourth-order valence-electron chi connectivity index (χ4n) is 2.74. The maximum atomic E-state index is 12.8. The van der Waals surface area contributed by atoms with E-state index in [0.29, 0.717) is 28.2 Å². The van der Waals surface area contributed by atoms with E-state index >= 15 is 0 Å². The van der Waals surface area contributed by atoms with E-state index in [1.54, 1.807) is 49.4 Å². The van der Waals surface area contributed by atoms with Crippen molar-refractivity contribution in [2.75, 3.05) is 0 Å². The number of hydrazine groups is 1. The molecule has 1 heterocycles. The zero-order chi connectivity index (χ0) is 22.5. The molecule has 9 heteroatoms. The van der Waals surface area contributed by atoms with Gasteiger partial charge in [-0.1, -0.05) is 48.5 Å². The first-order valence-electron chi connectivity index (χ1n) is 9.43. The summed E-state index contributed by atoms with van der Waals surface area (Å²) in [5.41, 5.74) is 4.61. The molecule has 2 aromatic rings. The highest BCUT2D eigenvalue weighted by Gasteiger charge is 2.33. The van der Waals surface area contributed by atoms with Gasteiger partial charge >= 0.3 is 5.97 Å². The first kappa shape index (κ1) is 22.5. The van der Waals surface area contributed by atoms with E-state index in [9.17, 15) is 14.4 Å². The molecule has 0 spiro atoms. The van der Waals surface area contributed by atoms with Crippen LogP contribution in [-0.2, 0) is 9.59 Å². The molecule has 2 N–H and O–H groups in total. The number of rotatable bonds is 7. The number of ether oxygens (including phenoxy) is 1. The number of carbonyl (C=O) groups excluding carboxylic acids is 2. The maximum absolute atomic E-state index is 12.8. The van der Waals surface area contributed by atoms with Crippen molar-refractivity contribution in [3.63, 3.8) is 0 Å². The van der Waals surface area contributed by atoms with E-state index in [4.69, 9.17) is 22.1 Å². The number of nitrogens with zero attached hydrogens (tertiary/aromatic N) is 1. The highest BCUT2D eigenvalue weighted by molar-refractivity contribution is 8.26. The summed E-state index contributed by atoms with van der Waals surface area (Å²) >= 11 is 6.31. The summed E-state index contributed by atoms with van der Waals surface area (Å²) in [7, 11) is 0. The van der Waals surface area contributed by atoms with Crippen LogP contribution in [0.25, 0.3) is 6.08 Å². The van der Waals surface area contributed by atoms with Crippen LogP contribution in [0.5, 0.6) is 5.75 Å². The molecule has 0 bridgehead atoms. The Morgan fingerprint density at radius 2 is 1.97 bits per heavy atom. The lowest BCUT2D eigenvalue weighted by Gasteiger charge is -2.15. The molecular weight excluding hydrogens is 436 g/mol. The summed E-state index contributed by atoms with van der Waals surface area (Å²) in [6.07, 6.45) is 0.982. The third kappa shape index (κ3) is 5.50. The van der Waals surface area contributed by atoms with Gasteiger partial charge in [-0.25, -0.2) is 4.79 Å². The summed E-state index contributed by atoms with van der Waals surface area (Å²) in [6, 6.07) is 13.7. The Balaban J connectivity index is 1.74. The lowest BCUT2D eigenvalue weighted by molar-refractivity contribution is -0.145. The van der Waals surface area contributed by atoms with Gasteiger partial charge in [0.15, 0.2) is 10.4 Å². The van der Waals surface area contributed by atoms with E-state index < -0.39 is 23.9 Å². The minimum atomic E-state index is -1.04. The number of nitrogens with one attached hydrogen (secondary N) is 1. The third-order valence-electron chi connectivity index (χ3n) is 4.40. The van der Waals surface area contributed by atoms with Gasteiger partial charge in [0.1, 0.15) is 5.75 Å². The largest absolute Gasteiger partial charge is 0.479 e. The Labute approximate surface area is 189 Å². The zero-order valence-electron chi connectivity index (χ0n) is 16.8. The van der Waals surface area contributed by atoms with Crippen molar-refractivity contribution in [2.45, 2.75) is 26.4 Å². The van der Waals surface area contributed by atoms with Crippen LogP contribution in [0.15, 0.2) is 53.4 Å². The minimum Gasteiger partial charge on any atom is -0.479 e. The van der Waals surface area contributed by atoms with Crippen LogP contribution in [-0.4, -0.2) is 38.3 Å². The first-order valence-corrected chi connectivity index (χ1v) is 10.7. The second-order valence-corrected chi connectivity index (χ2v) is 8.43. The molecule has 0 aliphatic carbocycles. The molecule has 160 valence electrons. The molecule has 31 heavy (non-hydrogen) atoms. The highest BCUT2D eigenvalue weighted by Crippen LogP contribution is 2.32. The number of thioether (sulfide) groups is 1. The predicted octanol–water partition coefficient (Wildman–Crippen LogP) is 3.78. The summed E-state index contributed by atoms with van der Waals surface area (Å²) in [6.45, 7) is 3.64. The molecule has 1 aliphatic heterocycles. The average Bonchev–Trinajstić information content (AvgIpc) is 2.99. The summed E-state index contributed by atoms with van der Waals surface area (Å²) in [4.78, 5) is 36.7. The molecule has 1 unspecified atom stereocenters. The second kappa shape index (κ2) is 9.76. The van der Waals surface area contributed by atoms with E-state index in [2.05, 4.69) is 5.43 Å². The lowest BCUT2D eigenvalue weighted by Crippen LogP contribution is -2.44. The van der Waals surface area contributed by atoms with Crippen molar-refractivity contribution < 1.29 is 24.2 Å². The Bertz CT molecular complexity index is 1070. The highest BCUT2D eigenvalue weighted by atomic mass is 32.2. The molecule has 1 aliphatic rings. The van der Waals surface area contributed by atoms with Crippen molar-refractivity contribution in [1.29, 1.82) is 0 Å². The molecule has 0 aromatic heterocycles. The van der Waals surface area contributed by atoms with Gasteiger partial charge in [-0.3, -0.25) is 15.0 Å². The Morgan fingerprint density at radius 1 is 1.26 bits per heavy atom. The van der Waals surface area contributed by atoms with Crippen LogP contribution in [0.3, 0.4) is 0 Å². The van der Waals surface area contributed by atoms with Crippen molar-refractivity contribution in [2.24, 2.45) is 0 Å². The van der Waals surface area contributed by atoms with Gasteiger partial charge in [0.05, 0.1) is 4.91 Å². The third-order valence-corrected chi connectivity index (χ3v) is 5.70. The molecule has 3 rings (SSSR count). The smallest absolute Gasteiger partial charge is 0.344 e.